The van der Waals surface area contributed by atoms with E-state index < -0.39 is 10.1 Å². The standard InChI is InChI=1S/C3H9N.C3H8O3S/c1-4(2)3;1-2-3-7(4,5)6/h1-3H3;2-3H2,1H3,(H,4,5,6). The molecule has 0 bridgehead atoms. The molecule has 0 unspecified atom stereocenters. The topological polar surface area (TPSA) is 57.6 Å². The van der Waals surface area contributed by atoms with Gasteiger partial charge in [-0.25, -0.2) is 0 Å². The van der Waals surface area contributed by atoms with Crippen LogP contribution in [0.25, 0.3) is 0 Å². The number of rotatable bonds is 2. The maximum atomic E-state index is 9.79. The van der Waals surface area contributed by atoms with Crippen LogP contribution >= 0.6 is 0 Å². The summed E-state index contributed by atoms with van der Waals surface area (Å²) in [6.45, 7) is 1.69. The van der Waals surface area contributed by atoms with Crippen LogP contribution in [0.5, 0.6) is 0 Å². The first-order valence-electron chi connectivity index (χ1n) is 3.35. The van der Waals surface area contributed by atoms with E-state index in [0.717, 1.165) is 0 Å². The average molecular weight is 183 g/mol. The van der Waals surface area contributed by atoms with Crippen molar-refractivity contribution in [1.29, 1.82) is 0 Å². The molecule has 0 aromatic rings. The van der Waals surface area contributed by atoms with Crippen LogP contribution in [0, 0.1) is 0 Å². The van der Waals surface area contributed by atoms with E-state index in [2.05, 4.69) is 0 Å². The Labute approximate surface area is 69.0 Å². The Balaban J connectivity index is 0. The molecular formula is C6H17NO3S. The maximum Gasteiger partial charge on any atom is 0.264 e. The van der Waals surface area contributed by atoms with Crippen molar-refractivity contribution in [2.75, 3.05) is 26.9 Å². The SMILES string of the molecule is CCCS(=O)(=O)O.CN(C)C. The van der Waals surface area contributed by atoms with E-state index in [4.69, 9.17) is 4.55 Å². The summed E-state index contributed by atoms with van der Waals surface area (Å²) in [5.41, 5.74) is 0. The minimum atomic E-state index is -3.67. The fraction of sp³-hybridized carbons (Fsp3) is 1.00. The van der Waals surface area contributed by atoms with Crippen molar-refractivity contribution in [3.63, 3.8) is 0 Å². The van der Waals surface area contributed by atoms with Gasteiger partial charge < -0.3 is 4.90 Å². The van der Waals surface area contributed by atoms with E-state index in [1.165, 1.54) is 0 Å². The molecule has 11 heavy (non-hydrogen) atoms. The molecule has 0 spiro atoms. The van der Waals surface area contributed by atoms with Gasteiger partial charge in [0, 0.05) is 0 Å². The Bertz CT molecular complexity index is 160. The third-order valence-electron chi connectivity index (χ3n) is 0.462. The molecular weight excluding hydrogens is 166 g/mol. The predicted octanol–water partition coefficient (Wildman–Crippen LogP) is 0.462. The van der Waals surface area contributed by atoms with Gasteiger partial charge in [-0.05, 0) is 27.6 Å². The predicted molar refractivity (Wildman–Crippen MR) is 46.3 cm³/mol. The Hall–Kier alpha value is -0.130. The zero-order valence-electron chi connectivity index (χ0n) is 7.53. The highest BCUT2D eigenvalue weighted by atomic mass is 32.2. The number of hydrogen-bond donors (Lipinski definition) is 1. The van der Waals surface area contributed by atoms with Gasteiger partial charge in [-0.3, -0.25) is 4.55 Å². The van der Waals surface area contributed by atoms with Crippen LogP contribution in [0.2, 0.25) is 0 Å². The molecule has 0 aliphatic rings. The molecule has 0 aromatic heterocycles. The molecule has 0 saturated heterocycles. The lowest BCUT2D eigenvalue weighted by Gasteiger charge is -1.90. The minimum Gasteiger partial charge on any atom is -0.312 e. The highest BCUT2D eigenvalue weighted by molar-refractivity contribution is 7.85. The van der Waals surface area contributed by atoms with Gasteiger partial charge in [0.25, 0.3) is 10.1 Å². The van der Waals surface area contributed by atoms with Crippen molar-refractivity contribution in [3.8, 4) is 0 Å². The summed E-state index contributed by atoms with van der Waals surface area (Å²) in [6.07, 6.45) is 0.471. The Morgan fingerprint density at radius 3 is 1.55 bits per heavy atom. The second kappa shape index (κ2) is 6.57. The van der Waals surface area contributed by atoms with Gasteiger partial charge in [-0.2, -0.15) is 8.42 Å². The van der Waals surface area contributed by atoms with Crippen molar-refractivity contribution in [2.45, 2.75) is 13.3 Å². The van der Waals surface area contributed by atoms with Crippen molar-refractivity contribution in [3.05, 3.63) is 0 Å². The Morgan fingerprint density at radius 2 is 1.55 bits per heavy atom. The number of nitrogens with zero attached hydrogens (tertiary/aromatic N) is 1. The molecule has 0 saturated carbocycles. The van der Waals surface area contributed by atoms with Gasteiger partial charge in [-0.15, -0.1) is 0 Å². The Morgan fingerprint density at radius 1 is 1.27 bits per heavy atom. The van der Waals surface area contributed by atoms with Gasteiger partial charge in [0.2, 0.25) is 0 Å². The number of hydrogen-bond acceptors (Lipinski definition) is 3. The Kier molecular flexibility index (Phi) is 8.04. The van der Waals surface area contributed by atoms with Crippen LogP contribution < -0.4 is 0 Å². The van der Waals surface area contributed by atoms with E-state index >= 15 is 0 Å². The normalized spacial score (nSPS) is 10.7. The highest BCUT2D eigenvalue weighted by Gasteiger charge is 1.98. The molecule has 0 radical (unpaired) electrons. The van der Waals surface area contributed by atoms with Gasteiger partial charge in [0.15, 0.2) is 0 Å². The molecule has 0 aliphatic carbocycles. The first kappa shape index (κ1) is 13.5. The van der Waals surface area contributed by atoms with Crippen LogP contribution in [0.3, 0.4) is 0 Å². The minimum absolute atomic E-state index is 0.132. The van der Waals surface area contributed by atoms with Gasteiger partial charge >= 0.3 is 0 Å². The summed E-state index contributed by atoms with van der Waals surface area (Å²) < 4.78 is 27.6. The largest absolute Gasteiger partial charge is 0.312 e. The molecule has 0 fully saturated rings. The zero-order chi connectivity index (χ0) is 9.49. The molecule has 0 amide bonds. The van der Waals surface area contributed by atoms with E-state index in [1.807, 2.05) is 26.0 Å². The summed E-state index contributed by atoms with van der Waals surface area (Å²) in [5, 5.41) is 0. The van der Waals surface area contributed by atoms with E-state index in [0.29, 0.717) is 6.42 Å². The van der Waals surface area contributed by atoms with Crippen LogP contribution in [-0.2, 0) is 10.1 Å². The third-order valence-corrected chi connectivity index (χ3v) is 1.39. The van der Waals surface area contributed by atoms with E-state index in [9.17, 15) is 8.42 Å². The van der Waals surface area contributed by atoms with Crippen LogP contribution in [0.1, 0.15) is 13.3 Å². The second-order valence-corrected chi connectivity index (χ2v) is 4.20. The molecule has 0 aliphatic heterocycles. The average Bonchev–Trinajstić information content (AvgIpc) is 1.58. The van der Waals surface area contributed by atoms with Crippen LogP contribution in [0.4, 0.5) is 0 Å². The molecule has 0 rings (SSSR count). The zero-order valence-corrected chi connectivity index (χ0v) is 8.35. The quantitative estimate of drug-likeness (QED) is 0.632. The summed E-state index contributed by atoms with van der Waals surface area (Å²) in [5.74, 6) is -0.132. The van der Waals surface area contributed by atoms with E-state index in [1.54, 1.807) is 6.92 Å². The first-order valence-corrected chi connectivity index (χ1v) is 4.96. The van der Waals surface area contributed by atoms with Crippen LogP contribution in [0.15, 0.2) is 0 Å². The molecule has 70 valence electrons. The monoisotopic (exact) mass is 183 g/mol. The fourth-order valence-corrected chi connectivity index (χ4v) is 0.774. The van der Waals surface area contributed by atoms with Crippen molar-refractivity contribution >= 4 is 10.1 Å². The van der Waals surface area contributed by atoms with Crippen LogP contribution in [-0.4, -0.2) is 44.8 Å². The molecule has 1 N–H and O–H groups in total. The highest BCUT2D eigenvalue weighted by Crippen LogP contribution is 1.83. The fourth-order valence-electron chi connectivity index (χ4n) is 0.258. The molecule has 0 heterocycles. The van der Waals surface area contributed by atoms with Crippen molar-refractivity contribution in [1.82, 2.24) is 4.90 Å². The molecule has 5 heteroatoms. The first-order chi connectivity index (χ1) is 4.79. The second-order valence-electron chi connectivity index (χ2n) is 2.63. The summed E-state index contributed by atoms with van der Waals surface area (Å²) in [7, 11) is 2.33. The van der Waals surface area contributed by atoms with E-state index in [-0.39, 0.29) is 5.75 Å². The molecule has 4 nitrogen and oxygen atoms in total. The maximum absolute atomic E-state index is 9.79. The lowest BCUT2D eigenvalue weighted by atomic mass is 10.6. The molecule has 0 aromatic carbocycles. The summed E-state index contributed by atoms with van der Waals surface area (Å²) in [6, 6.07) is 0. The van der Waals surface area contributed by atoms with Gasteiger partial charge in [0.05, 0.1) is 5.75 Å². The third kappa shape index (κ3) is 40.8. The van der Waals surface area contributed by atoms with Crippen molar-refractivity contribution in [2.24, 2.45) is 0 Å². The summed E-state index contributed by atoms with van der Waals surface area (Å²) >= 11 is 0. The molecule has 0 atom stereocenters. The van der Waals surface area contributed by atoms with Gasteiger partial charge in [-0.1, -0.05) is 6.92 Å². The lowest BCUT2D eigenvalue weighted by Crippen LogP contribution is -2.01. The lowest BCUT2D eigenvalue weighted by molar-refractivity contribution is 0.482. The van der Waals surface area contributed by atoms with Gasteiger partial charge in [0.1, 0.15) is 0 Å². The summed E-state index contributed by atoms with van der Waals surface area (Å²) in [4.78, 5) is 2.00. The smallest absolute Gasteiger partial charge is 0.264 e. The van der Waals surface area contributed by atoms with Crippen molar-refractivity contribution < 1.29 is 13.0 Å².